The van der Waals surface area contributed by atoms with E-state index in [0.29, 0.717) is 29.6 Å². The molecule has 0 saturated heterocycles. The van der Waals surface area contributed by atoms with Crippen LogP contribution in [0.3, 0.4) is 0 Å². The van der Waals surface area contributed by atoms with E-state index in [9.17, 15) is 13.2 Å². The number of hydrogen-bond acceptors (Lipinski definition) is 2. The maximum Gasteiger partial charge on any atom is 0.416 e. The quantitative estimate of drug-likeness (QED) is 0.163. The van der Waals surface area contributed by atoms with Gasteiger partial charge in [0.15, 0.2) is 5.82 Å². The number of aromatic nitrogens is 2. The molecular formula is C30H30F4N2. The van der Waals surface area contributed by atoms with Gasteiger partial charge in [-0.15, -0.1) is 0 Å². The van der Waals surface area contributed by atoms with Crippen LogP contribution in [0.4, 0.5) is 17.6 Å². The van der Waals surface area contributed by atoms with Gasteiger partial charge in [-0.2, -0.15) is 13.2 Å². The zero-order valence-corrected chi connectivity index (χ0v) is 20.4. The molecule has 0 aliphatic heterocycles. The second-order valence-corrected chi connectivity index (χ2v) is 9.25. The number of halogens is 4. The van der Waals surface area contributed by atoms with Crippen LogP contribution in [0.2, 0.25) is 0 Å². The molecule has 4 rings (SSSR count). The molecule has 188 valence electrons. The minimum atomic E-state index is -4.36. The van der Waals surface area contributed by atoms with Crippen LogP contribution < -0.4 is 0 Å². The second kappa shape index (κ2) is 11.6. The number of rotatable bonds is 10. The number of nitrogens with zero attached hydrogens (tertiary/aromatic N) is 2. The Labute approximate surface area is 209 Å². The van der Waals surface area contributed by atoms with Crippen LogP contribution in [0.1, 0.15) is 61.3 Å². The molecule has 2 nitrogen and oxygen atoms in total. The van der Waals surface area contributed by atoms with Crippen molar-refractivity contribution in [3.8, 4) is 11.4 Å². The third-order valence-corrected chi connectivity index (χ3v) is 6.53. The molecule has 1 heterocycles. The fraction of sp³-hybridized carbons (Fsp3) is 0.333. The number of benzene rings is 3. The Morgan fingerprint density at radius 2 is 1.44 bits per heavy atom. The molecule has 0 unspecified atom stereocenters. The molecule has 0 atom stereocenters. The van der Waals surface area contributed by atoms with Crippen molar-refractivity contribution in [2.45, 2.75) is 64.5 Å². The van der Waals surface area contributed by atoms with Crippen LogP contribution in [0.25, 0.3) is 22.2 Å². The Balaban J connectivity index is 1.42. The van der Waals surface area contributed by atoms with Crippen molar-refractivity contribution in [2.75, 3.05) is 0 Å². The van der Waals surface area contributed by atoms with Gasteiger partial charge in [0.2, 0.25) is 0 Å². The van der Waals surface area contributed by atoms with Gasteiger partial charge in [0.05, 0.1) is 5.56 Å². The first kappa shape index (κ1) is 25.8. The minimum absolute atomic E-state index is 0.301. The molecule has 0 bridgehead atoms. The number of hydrogen-bond donors (Lipinski definition) is 0. The molecule has 1 aromatic heterocycles. The fourth-order valence-corrected chi connectivity index (χ4v) is 4.37. The topological polar surface area (TPSA) is 25.8 Å². The Bertz CT molecular complexity index is 1280. The number of aryl methyl sites for hydroxylation is 3. The van der Waals surface area contributed by atoms with Gasteiger partial charge < -0.3 is 0 Å². The highest BCUT2D eigenvalue weighted by molar-refractivity contribution is 5.87. The number of alkyl halides is 3. The SMILES string of the molecule is CCCCCCCc1cnc(-c2ccc3c(F)c(CCc4ccc(C(F)(F)F)cc4)ccc3c2)nc1. The summed E-state index contributed by atoms with van der Waals surface area (Å²) < 4.78 is 53.4. The van der Waals surface area contributed by atoms with Gasteiger partial charge in [0.1, 0.15) is 5.82 Å². The molecule has 0 fully saturated rings. The Morgan fingerprint density at radius 3 is 2.14 bits per heavy atom. The van der Waals surface area contributed by atoms with Crippen molar-refractivity contribution in [2.24, 2.45) is 0 Å². The van der Waals surface area contributed by atoms with Crippen LogP contribution >= 0.6 is 0 Å². The highest BCUT2D eigenvalue weighted by Crippen LogP contribution is 2.30. The van der Waals surface area contributed by atoms with Gasteiger partial charge in [-0.05, 0) is 66.0 Å². The molecular weight excluding hydrogens is 464 g/mol. The van der Waals surface area contributed by atoms with E-state index in [4.69, 9.17) is 0 Å². The third kappa shape index (κ3) is 6.48. The van der Waals surface area contributed by atoms with Crippen LogP contribution in [0, 0.1) is 5.82 Å². The van der Waals surface area contributed by atoms with Crippen molar-refractivity contribution >= 4 is 10.8 Å². The Hall–Kier alpha value is -3.28. The van der Waals surface area contributed by atoms with Crippen LogP contribution in [-0.4, -0.2) is 9.97 Å². The van der Waals surface area contributed by atoms with E-state index in [1.54, 1.807) is 12.1 Å². The Kier molecular flexibility index (Phi) is 8.34. The lowest BCUT2D eigenvalue weighted by atomic mass is 9.98. The zero-order chi connectivity index (χ0) is 25.5. The molecule has 0 spiro atoms. The molecule has 0 N–H and O–H groups in total. The minimum Gasteiger partial charge on any atom is -0.236 e. The highest BCUT2D eigenvalue weighted by atomic mass is 19.4. The number of unbranched alkanes of at least 4 members (excludes halogenated alkanes) is 4. The molecule has 0 radical (unpaired) electrons. The molecule has 0 aliphatic carbocycles. The first-order valence-corrected chi connectivity index (χ1v) is 12.5. The van der Waals surface area contributed by atoms with E-state index >= 15 is 4.39 Å². The fourth-order valence-electron chi connectivity index (χ4n) is 4.37. The molecule has 4 aromatic rings. The Morgan fingerprint density at radius 1 is 0.722 bits per heavy atom. The first-order chi connectivity index (χ1) is 17.3. The third-order valence-electron chi connectivity index (χ3n) is 6.53. The molecule has 6 heteroatoms. The maximum absolute atomic E-state index is 15.2. The van der Waals surface area contributed by atoms with Gasteiger partial charge >= 0.3 is 6.18 Å². The lowest BCUT2D eigenvalue weighted by Crippen LogP contribution is -2.04. The van der Waals surface area contributed by atoms with Crippen molar-refractivity contribution in [3.05, 3.63) is 95.1 Å². The summed E-state index contributed by atoms with van der Waals surface area (Å²) in [5.41, 5.74) is 2.54. The van der Waals surface area contributed by atoms with Crippen LogP contribution in [0.15, 0.2) is 67.0 Å². The summed E-state index contributed by atoms with van der Waals surface area (Å²) in [4.78, 5) is 9.04. The lowest BCUT2D eigenvalue weighted by Gasteiger charge is -2.10. The monoisotopic (exact) mass is 494 g/mol. The second-order valence-electron chi connectivity index (χ2n) is 9.25. The molecule has 0 amide bonds. The van der Waals surface area contributed by atoms with Gasteiger partial charge in [-0.3, -0.25) is 0 Å². The predicted octanol–water partition coefficient (Wildman–Crippen LogP) is 8.75. The van der Waals surface area contributed by atoms with Gasteiger partial charge in [0, 0.05) is 23.3 Å². The summed E-state index contributed by atoms with van der Waals surface area (Å²) in [6.45, 7) is 2.21. The summed E-state index contributed by atoms with van der Waals surface area (Å²) in [5, 5.41) is 1.26. The van der Waals surface area contributed by atoms with Gasteiger partial charge in [-0.1, -0.05) is 69.0 Å². The van der Waals surface area contributed by atoms with Crippen molar-refractivity contribution in [1.82, 2.24) is 9.97 Å². The zero-order valence-electron chi connectivity index (χ0n) is 20.4. The summed E-state index contributed by atoms with van der Waals surface area (Å²) in [6.07, 6.45) is 7.35. The predicted molar refractivity (Wildman–Crippen MR) is 136 cm³/mol. The van der Waals surface area contributed by atoms with Crippen LogP contribution in [0.5, 0.6) is 0 Å². The van der Waals surface area contributed by atoms with E-state index in [2.05, 4.69) is 16.9 Å². The summed E-state index contributed by atoms with van der Waals surface area (Å²) >= 11 is 0. The smallest absolute Gasteiger partial charge is 0.236 e. The van der Waals surface area contributed by atoms with E-state index in [-0.39, 0.29) is 5.82 Å². The molecule has 3 aromatic carbocycles. The highest BCUT2D eigenvalue weighted by Gasteiger charge is 2.29. The number of fused-ring (bicyclic) bond motifs is 1. The standard InChI is InChI=1S/C30H30F4N2/c1-2-3-4-5-6-7-22-19-35-29(36-20-22)25-14-17-27-24(18-25)13-12-23(28(27)31)11-8-21-9-15-26(16-10-21)30(32,33)34/h9-10,12-20H,2-8,11H2,1H3. The lowest BCUT2D eigenvalue weighted by molar-refractivity contribution is -0.137. The van der Waals surface area contributed by atoms with Crippen molar-refractivity contribution in [1.29, 1.82) is 0 Å². The normalized spacial score (nSPS) is 11.8. The first-order valence-electron chi connectivity index (χ1n) is 12.5. The summed E-state index contributed by atoms with van der Waals surface area (Å²) in [7, 11) is 0. The summed E-state index contributed by atoms with van der Waals surface area (Å²) in [6, 6.07) is 14.1. The average Bonchev–Trinajstić information content (AvgIpc) is 2.88. The largest absolute Gasteiger partial charge is 0.416 e. The van der Waals surface area contributed by atoms with Crippen molar-refractivity contribution < 1.29 is 17.6 Å². The van der Waals surface area contributed by atoms with Crippen molar-refractivity contribution in [3.63, 3.8) is 0 Å². The van der Waals surface area contributed by atoms with Gasteiger partial charge in [-0.25, -0.2) is 14.4 Å². The average molecular weight is 495 g/mol. The van der Waals surface area contributed by atoms with E-state index in [1.165, 1.54) is 37.8 Å². The van der Waals surface area contributed by atoms with E-state index in [1.807, 2.05) is 30.6 Å². The maximum atomic E-state index is 15.2. The van der Waals surface area contributed by atoms with E-state index in [0.717, 1.165) is 47.1 Å². The van der Waals surface area contributed by atoms with Gasteiger partial charge in [0.25, 0.3) is 0 Å². The molecule has 0 aliphatic rings. The van der Waals surface area contributed by atoms with E-state index < -0.39 is 11.7 Å². The van der Waals surface area contributed by atoms with Crippen LogP contribution in [-0.2, 0) is 25.4 Å². The molecule has 36 heavy (non-hydrogen) atoms. The molecule has 0 saturated carbocycles. The summed E-state index contributed by atoms with van der Waals surface area (Å²) in [5.74, 6) is 0.309.